The van der Waals surface area contributed by atoms with Gasteiger partial charge in [-0.25, -0.2) is 17.6 Å². The van der Waals surface area contributed by atoms with Crippen molar-refractivity contribution in [3.05, 3.63) is 64.2 Å². The molecule has 1 N–H and O–H groups in total. The van der Waals surface area contributed by atoms with E-state index in [2.05, 4.69) is 0 Å². The summed E-state index contributed by atoms with van der Waals surface area (Å²) in [5, 5.41) is 0. The SMILES string of the molecule is O=C(c1cccc(C2CCCCCCCC2)c1)c1c(F)c(F)c(S(=O)(=O)O)c(F)c1F. The Hall–Kier alpha value is -2.26. The van der Waals surface area contributed by atoms with Crippen molar-refractivity contribution in [2.24, 2.45) is 0 Å². The lowest BCUT2D eigenvalue weighted by atomic mass is 9.88. The topological polar surface area (TPSA) is 71.4 Å². The average molecular weight is 458 g/mol. The second kappa shape index (κ2) is 9.48. The zero-order valence-corrected chi connectivity index (χ0v) is 17.5. The van der Waals surface area contributed by atoms with Crippen LogP contribution in [-0.4, -0.2) is 18.8 Å². The van der Waals surface area contributed by atoms with Crippen LogP contribution in [0.5, 0.6) is 0 Å². The van der Waals surface area contributed by atoms with E-state index < -0.39 is 49.6 Å². The van der Waals surface area contributed by atoms with Crippen molar-refractivity contribution in [2.75, 3.05) is 0 Å². The molecule has 168 valence electrons. The van der Waals surface area contributed by atoms with Crippen LogP contribution in [-0.2, 0) is 10.1 Å². The number of carbonyl (C=O) groups excluding carboxylic acids is 1. The van der Waals surface area contributed by atoms with Crippen LogP contribution in [0.15, 0.2) is 29.2 Å². The molecule has 0 spiro atoms. The van der Waals surface area contributed by atoms with Crippen LogP contribution in [0.25, 0.3) is 0 Å². The predicted molar refractivity (Wildman–Crippen MR) is 106 cm³/mol. The van der Waals surface area contributed by atoms with Crippen molar-refractivity contribution >= 4 is 15.9 Å². The maximum absolute atomic E-state index is 14.4. The molecule has 2 aromatic rings. The molecule has 0 saturated heterocycles. The molecule has 31 heavy (non-hydrogen) atoms. The summed E-state index contributed by atoms with van der Waals surface area (Å²) in [6.45, 7) is 0. The van der Waals surface area contributed by atoms with Gasteiger partial charge >= 0.3 is 10.1 Å². The van der Waals surface area contributed by atoms with Crippen molar-refractivity contribution in [1.82, 2.24) is 0 Å². The number of hydrogen-bond acceptors (Lipinski definition) is 3. The van der Waals surface area contributed by atoms with Gasteiger partial charge in [0.1, 0.15) is 5.56 Å². The first-order chi connectivity index (χ1) is 14.6. The molecule has 0 unspecified atom stereocenters. The van der Waals surface area contributed by atoms with E-state index in [0.717, 1.165) is 44.1 Å². The molecular weight excluding hydrogens is 436 g/mol. The van der Waals surface area contributed by atoms with Crippen LogP contribution in [0.3, 0.4) is 0 Å². The Morgan fingerprint density at radius 1 is 0.839 bits per heavy atom. The van der Waals surface area contributed by atoms with E-state index in [1.54, 1.807) is 6.07 Å². The summed E-state index contributed by atoms with van der Waals surface area (Å²) in [5.41, 5.74) is -0.924. The van der Waals surface area contributed by atoms with E-state index in [4.69, 9.17) is 4.55 Å². The molecular formula is C22H22F4O4S. The van der Waals surface area contributed by atoms with Gasteiger partial charge < -0.3 is 0 Å². The van der Waals surface area contributed by atoms with Gasteiger partial charge in [-0.3, -0.25) is 9.35 Å². The molecule has 0 atom stereocenters. The predicted octanol–water partition coefficient (Wildman–Crippen LogP) is 5.94. The molecule has 4 nitrogen and oxygen atoms in total. The summed E-state index contributed by atoms with van der Waals surface area (Å²) in [5.74, 6) is -10.2. The van der Waals surface area contributed by atoms with Gasteiger partial charge in [-0.1, -0.05) is 56.7 Å². The third-order valence-electron chi connectivity index (χ3n) is 5.68. The molecule has 2 aromatic carbocycles. The van der Waals surface area contributed by atoms with E-state index in [1.807, 2.05) is 0 Å². The molecule has 1 aliphatic carbocycles. The van der Waals surface area contributed by atoms with Crippen molar-refractivity contribution in [3.63, 3.8) is 0 Å². The average Bonchev–Trinajstić information content (AvgIpc) is 2.85. The molecule has 0 aromatic heterocycles. The van der Waals surface area contributed by atoms with Crippen molar-refractivity contribution in [2.45, 2.75) is 62.2 Å². The van der Waals surface area contributed by atoms with Crippen LogP contribution < -0.4 is 0 Å². The summed E-state index contributed by atoms with van der Waals surface area (Å²) in [7, 11) is -5.59. The minimum Gasteiger partial charge on any atom is -0.288 e. The van der Waals surface area contributed by atoms with Crippen LogP contribution >= 0.6 is 0 Å². The Labute approximate surface area is 178 Å². The molecule has 0 radical (unpaired) electrons. The molecule has 1 fully saturated rings. The van der Waals surface area contributed by atoms with E-state index in [-0.39, 0.29) is 11.5 Å². The van der Waals surface area contributed by atoms with Gasteiger partial charge in [0.15, 0.2) is 33.9 Å². The van der Waals surface area contributed by atoms with Gasteiger partial charge in [0.25, 0.3) is 0 Å². The highest BCUT2D eigenvalue weighted by atomic mass is 32.2. The first-order valence-corrected chi connectivity index (χ1v) is 11.5. The van der Waals surface area contributed by atoms with Crippen LogP contribution in [0.4, 0.5) is 17.6 Å². The standard InChI is InChI=1S/C22H22F4O4S/c23-17-16(18(24)20(26)22(19(17)25)31(28,29)30)21(27)15-11-7-10-14(12-15)13-8-5-3-1-2-4-6-9-13/h7,10-13H,1-6,8-9H2,(H,28,29,30). The fraction of sp³-hybridized carbons (Fsp3) is 0.409. The first-order valence-electron chi connectivity index (χ1n) is 10.1. The second-order valence-corrected chi connectivity index (χ2v) is 9.14. The van der Waals surface area contributed by atoms with E-state index in [9.17, 15) is 30.8 Å². The molecule has 9 heteroatoms. The van der Waals surface area contributed by atoms with E-state index in [0.29, 0.717) is 0 Å². The Morgan fingerprint density at radius 2 is 1.35 bits per heavy atom. The Balaban J connectivity index is 2.01. The second-order valence-electron chi connectivity index (χ2n) is 7.79. The highest BCUT2D eigenvalue weighted by molar-refractivity contribution is 7.85. The minimum atomic E-state index is -5.59. The van der Waals surface area contributed by atoms with Gasteiger partial charge in [-0.05, 0) is 30.4 Å². The number of hydrogen-bond donors (Lipinski definition) is 1. The highest BCUT2D eigenvalue weighted by Crippen LogP contribution is 2.33. The monoisotopic (exact) mass is 458 g/mol. The lowest BCUT2D eigenvalue weighted by Gasteiger charge is -2.17. The molecule has 0 aliphatic heterocycles. The summed E-state index contributed by atoms with van der Waals surface area (Å²) < 4.78 is 88.0. The fourth-order valence-electron chi connectivity index (χ4n) is 4.08. The largest absolute Gasteiger partial charge is 0.300 e. The zero-order chi connectivity index (χ0) is 22.8. The number of halogens is 4. The number of rotatable bonds is 4. The normalized spacial score (nSPS) is 16.4. The molecule has 3 rings (SSSR count). The third-order valence-corrected chi connectivity index (χ3v) is 6.56. The smallest absolute Gasteiger partial charge is 0.288 e. The minimum absolute atomic E-state index is 0.149. The van der Waals surface area contributed by atoms with Gasteiger partial charge in [-0.2, -0.15) is 8.42 Å². The lowest BCUT2D eigenvalue weighted by molar-refractivity contribution is 0.102. The van der Waals surface area contributed by atoms with Crippen molar-refractivity contribution in [3.8, 4) is 0 Å². The van der Waals surface area contributed by atoms with Crippen molar-refractivity contribution in [1.29, 1.82) is 0 Å². The van der Waals surface area contributed by atoms with Gasteiger partial charge in [-0.15, -0.1) is 0 Å². The summed E-state index contributed by atoms with van der Waals surface area (Å²) >= 11 is 0. The number of ketones is 1. The summed E-state index contributed by atoms with van der Waals surface area (Å²) in [6.07, 6.45) is 8.36. The highest BCUT2D eigenvalue weighted by Gasteiger charge is 2.35. The first kappa shape index (κ1) is 23.4. The molecule has 1 aliphatic rings. The molecule has 0 amide bonds. The third kappa shape index (κ3) is 4.98. The van der Waals surface area contributed by atoms with Gasteiger partial charge in [0.2, 0.25) is 0 Å². The Bertz CT molecular complexity index is 1060. The van der Waals surface area contributed by atoms with Crippen LogP contribution in [0, 0.1) is 23.3 Å². The lowest BCUT2D eigenvalue weighted by Crippen LogP contribution is -2.17. The molecule has 0 heterocycles. The number of benzene rings is 2. The Kier molecular flexibility index (Phi) is 7.16. The Morgan fingerprint density at radius 3 is 1.87 bits per heavy atom. The maximum atomic E-state index is 14.4. The number of carbonyl (C=O) groups is 1. The fourth-order valence-corrected chi connectivity index (χ4v) is 4.71. The molecule has 0 bridgehead atoms. The summed E-state index contributed by atoms with van der Waals surface area (Å²) in [4.78, 5) is 10.6. The van der Waals surface area contributed by atoms with Gasteiger partial charge in [0, 0.05) is 5.56 Å². The van der Waals surface area contributed by atoms with E-state index in [1.165, 1.54) is 31.0 Å². The zero-order valence-electron chi connectivity index (χ0n) is 16.6. The van der Waals surface area contributed by atoms with Gasteiger partial charge in [0.05, 0.1) is 0 Å². The van der Waals surface area contributed by atoms with E-state index >= 15 is 0 Å². The van der Waals surface area contributed by atoms with Crippen LogP contribution in [0.1, 0.15) is 78.8 Å². The molecule has 1 saturated carbocycles. The van der Waals surface area contributed by atoms with Crippen LogP contribution in [0.2, 0.25) is 0 Å². The quantitative estimate of drug-likeness (QED) is 0.266. The van der Waals surface area contributed by atoms with Crippen molar-refractivity contribution < 1.29 is 35.3 Å². The maximum Gasteiger partial charge on any atom is 0.300 e. The summed E-state index contributed by atoms with van der Waals surface area (Å²) in [6, 6.07) is 6.06.